The lowest BCUT2D eigenvalue weighted by atomic mass is 9.85. The Balaban J connectivity index is 1.09. The molecule has 8 nitrogen and oxygen atoms in total. The number of rotatable bonds is 6. The highest BCUT2D eigenvalue weighted by molar-refractivity contribution is 5.58. The van der Waals surface area contributed by atoms with Crippen LogP contribution in [0.5, 0.6) is 11.5 Å². The fourth-order valence-electron chi connectivity index (χ4n) is 6.80. The summed E-state index contributed by atoms with van der Waals surface area (Å²) in [7, 11) is 0. The molecule has 2 aromatic rings. The molecule has 1 N–H and O–H groups in total. The number of fused-ring (bicyclic) bond motifs is 1. The Kier molecular flexibility index (Phi) is 7.25. The molecule has 4 aliphatic rings. The smallest absolute Gasteiger partial charge is 0.229 e. The number of aromatic hydroxyl groups is 1. The number of piperazine rings is 1. The van der Waals surface area contributed by atoms with Crippen molar-refractivity contribution >= 4 is 17.6 Å². The molecule has 4 aliphatic heterocycles. The molecule has 1 atom stereocenters. The highest BCUT2D eigenvalue weighted by atomic mass is 16.5. The average Bonchev–Trinajstić information content (AvgIpc) is 3.69. The highest BCUT2D eigenvalue weighted by Crippen LogP contribution is 2.44. The van der Waals surface area contributed by atoms with Gasteiger partial charge in [0.2, 0.25) is 5.95 Å². The van der Waals surface area contributed by atoms with E-state index in [0.29, 0.717) is 5.75 Å². The highest BCUT2D eigenvalue weighted by Gasteiger charge is 2.35. The molecule has 0 aliphatic carbocycles. The molecule has 1 aromatic carbocycles. The molecular formula is C31H46N6O2. The molecule has 0 bridgehead atoms. The molecule has 1 unspecified atom stereocenters. The first-order valence-corrected chi connectivity index (χ1v) is 15.2. The van der Waals surface area contributed by atoms with Crippen LogP contribution < -0.4 is 19.4 Å². The normalized spacial score (nSPS) is 23.8. The molecule has 1 aromatic heterocycles. The van der Waals surface area contributed by atoms with Crippen molar-refractivity contribution in [3.63, 3.8) is 0 Å². The zero-order chi connectivity index (χ0) is 27.1. The fraction of sp³-hybridized carbons (Fsp3) is 0.677. The van der Waals surface area contributed by atoms with Crippen molar-refractivity contribution in [3.8, 4) is 11.5 Å². The van der Waals surface area contributed by atoms with Crippen molar-refractivity contribution in [1.29, 1.82) is 0 Å². The number of hydrogen-bond acceptors (Lipinski definition) is 8. The summed E-state index contributed by atoms with van der Waals surface area (Å²) in [6, 6.07) is 2.24. The van der Waals surface area contributed by atoms with Gasteiger partial charge in [-0.05, 0) is 89.3 Å². The molecule has 3 fully saturated rings. The molecule has 0 amide bonds. The fourth-order valence-corrected chi connectivity index (χ4v) is 6.80. The predicted octanol–water partition coefficient (Wildman–Crippen LogP) is 4.60. The Morgan fingerprint density at radius 3 is 2.03 bits per heavy atom. The van der Waals surface area contributed by atoms with Crippen LogP contribution in [-0.4, -0.2) is 84.5 Å². The molecule has 8 heteroatoms. The van der Waals surface area contributed by atoms with Gasteiger partial charge in [-0.1, -0.05) is 0 Å². The van der Waals surface area contributed by atoms with E-state index in [1.165, 1.54) is 31.2 Å². The minimum absolute atomic E-state index is 0.174. The van der Waals surface area contributed by atoms with Crippen LogP contribution in [0.25, 0.3) is 0 Å². The van der Waals surface area contributed by atoms with E-state index in [1.807, 2.05) is 13.8 Å². The van der Waals surface area contributed by atoms with Crippen LogP contribution in [0.3, 0.4) is 0 Å². The van der Waals surface area contributed by atoms with Gasteiger partial charge in [-0.3, -0.25) is 4.90 Å². The monoisotopic (exact) mass is 534 g/mol. The maximum absolute atomic E-state index is 10.5. The standard InChI is InChI=1S/C31H46N6O2/c1-22-23(2)29-25(24(3)28(22)38)9-10-31(4,39-29)11-16-34-17-19-36(20-18-34)27-21-26(35-12-5-6-13-35)32-30(33-27)37-14-7-8-15-37/h21,38H,5-20H2,1-4H3. The zero-order valence-electron chi connectivity index (χ0n) is 24.4. The van der Waals surface area contributed by atoms with Gasteiger partial charge in [-0.15, -0.1) is 0 Å². The van der Waals surface area contributed by atoms with Crippen LogP contribution in [0.2, 0.25) is 0 Å². The zero-order valence-corrected chi connectivity index (χ0v) is 24.4. The maximum Gasteiger partial charge on any atom is 0.229 e. The molecule has 0 spiro atoms. The summed E-state index contributed by atoms with van der Waals surface area (Å²) in [5.41, 5.74) is 4.02. The third-order valence-electron chi connectivity index (χ3n) is 9.75. The largest absolute Gasteiger partial charge is 0.507 e. The van der Waals surface area contributed by atoms with Crippen molar-refractivity contribution in [2.24, 2.45) is 0 Å². The Hall–Kier alpha value is -2.74. The summed E-state index contributed by atoms with van der Waals surface area (Å²) >= 11 is 0. The van der Waals surface area contributed by atoms with Gasteiger partial charge in [0, 0.05) is 70.5 Å². The quantitative estimate of drug-likeness (QED) is 0.577. The Bertz CT molecular complexity index is 1160. The van der Waals surface area contributed by atoms with E-state index in [0.717, 1.165) is 118 Å². The summed E-state index contributed by atoms with van der Waals surface area (Å²) < 4.78 is 6.70. The third kappa shape index (κ3) is 5.24. The SMILES string of the molecule is Cc1c(C)c2c(c(C)c1O)CCC(C)(CCN1CCN(c3cc(N4CCCC4)nc(N4CCCC4)n3)CC1)O2. The van der Waals surface area contributed by atoms with Gasteiger partial charge in [0.1, 0.15) is 28.7 Å². The van der Waals surface area contributed by atoms with E-state index in [2.05, 4.69) is 39.5 Å². The Morgan fingerprint density at radius 1 is 0.795 bits per heavy atom. The third-order valence-corrected chi connectivity index (χ3v) is 9.75. The molecule has 212 valence electrons. The van der Waals surface area contributed by atoms with E-state index in [4.69, 9.17) is 14.7 Å². The number of hydrogen-bond donors (Lipinski definition) is 1. The number of aromatic nitrogens is 2. The van der Waals surface area contributed by atoms with Crippen LogP contribution in [-0.2, 0) is 6.42 Å². The van der Waals surface area contributed by atoms with E-state index < -0.39 is 0 Å². The van der Waals surface area contributed by atoms with E-state index in [1.54, 1.807) is 0 Å². The first-order chi connectivity index (χ1) is 18.8. The van der Waals surface area contributed by atoms with Gasteiger partial charge in [0.15, 0.2) is 0 Å². The summed E-state index contributed by atoms with van der Waals surface area (Å²) in [6.07, 6.45) is 7.95. The second kappa shape index (κ2) is 10.7. The second-order valence-corrected chi connectivity index (χ2v) is 12.4. The maximum atomic E-state index is 10.5. The molecule has 6 rings (SSSR count). The summed E-state index contributed by atoms with van der Waals surface area (Å²) in [4.78, 5) is 19.9. The number of benzene rings is 1. The molecule has 0 radical (unpaired) electrons. The van der Waals surface area contributed by atoms with E-state index >= 15 is 0 Å². The predicted molar refractivity (Wildman–Crippen MR) is 158 cm³/mol. The van der Waals surface area contributed by atoms with Crippen LogP contribution >= 0.6 is 0 Å². The van der Waals surface area contributed by atoms with Gasteiger partial charge < -0.3 is 24.5 Å². The molecule has 3 saturated heterocycles. The second-order valence-electron chi connectivity index (χ2n) is 12.4. The van der Waals surface area contributed by atoms with Crippen molar-refractivity contribution in [2.75, 3.05) is 73.6 Å². The summed E-state index contributed by atoms with van der Waals surface area (Å²) in [6.45, 7) is 17.8. The van der Waals surface area contributed by atoms with E-state index in [-0.39, 0.29) is 5.60 Å². The number of ether oxygens (including phenoxy) is 1. The van der Waals surface area contributed by atoms with Crippen molar-refractivity contribution in [1.82, 2.24) is 14.9 Å². The van der Waals surface area contributed by atoms with Gasteiger partial charge in [-0.25, -0.2) is 0 Å². The summed E-state index contributed by atoms with van der Waals surface area (Å²) in [5.74, 6) is 4.56. The number of anilines is 3. The lowest BCUT2D eigenvalue weighted by molar-refractivity contribution is 0.0428. The Labute approximate surface area is 234 Å². The summed E-state index contributed by atoms with van der Waals surface area (Å²) in [5, 5.41) is 10.5. The lowest BCUT2D eigenvalue weighted by Gasteiger charge is -2.41. The lowest BCUT2D eigenvalue weighted by Crippen LogP contribution is -2.49. The van der Waals surface area contributed by atoms with Crippen molar-refractivity contribution < 1.29 is 9.84 Å². The van der Waals surface area contributed by atoms with Crippen molar-refractivity contribution in [2.45, 2.75) is 78.2 Å². The van der Waals surface area contributed by atoms with E-state index in [9.17, 15) is 5.11 Å². The van der Waals surface area contributed by atoms with Crippen LogP contribution in [0.1, 0.15) is 67.7 Å². The minimum atomic E-state index is -0.174. The van der Waals surface area contributed by atoms with Gasteiger partial charge in [0.05, 0.1) is 0 Å². The van der Waals surface area contributed by atoms with Crippen LogP contribution in [0, 0.1) is 20.8 Å². The van der Waals surface area contributed by atoms with Gasteiger partial charge >= 0.3 is 0 Å². The molecule has 5 heterocycles. The number of phenols is 1. The molecule has 0 saturated carbocycles. The number of phenolic OH excluding ortho intramolecular Hbond substituents is 1. The van der Waals surface area contributed by atoms with Crippen LogP contribution in [0.4, 0.5) is 17.6 Å². The minimum Gasteiger partial charge on any atom is -0.507 e. The van der Waals surface area contributed by atoms with Crippen LogP contribution in [0.15, 0.2) is 6.07 Å². The average molecular weight is 535 g/mol. The van der Waals surface area contributed by atoms with Gasteiger partial charge in [-0.2, -0.15) is 9.97 Å². The van der Waals surface area contributed by atoms with Gasteiger partial charge in [0.25, 0.3) is 0 Å². The molecule has 39 heavy (non-hydrogen) atoms. The first kappa shape index (κ1) is 26.5. The first-order valence-electron chi connectivity index (χ1n) is 15.2. The Morgan fingerprint density at radius 2 is 1.38 bits per heavy atom. The topological polar surface area (TPSA) is 68.2 Å². The molecular weight excluding hydrogens is 488 g/mol. The number of nitrogens with zero attached hydrogens (tertiary/aromatic N) is 6. The van der Waals surface area contributed by atoms with Crippen molar-refractivity contribution in [3.05, 3.63) is 28.3 Å².